The van der Waals surface area contributed by atoms with Crippen LogP contribution in [-0.2, 0) is 10.8 Å². The molecule has 0 bridgehead atoms. The number of para-hydroxylation sites is 1. The monoisotopic (exact) mass is 781 g/mol. The van der Waals surface area contributed by atoms with E-state index in [-0.39, 0.29) is 10.8 Å². The van der Waals surface area contributed by atoms with Gasteiger partial charge in [0.2, 0.25) is 0 Å². The molecule has 1 nitrogen and oxygen atoms in total. The molecule has 0 atom stereocenters. The zero-order valence-electron chi connectivity index (χ0n) is 35.2. The molecule has 0 amide bonds. The van der Waals surface area contributed by atoms with Crippen LogP contribution in [0.3, 0.4) is 0 Å². The summed E-state index contributed by atoms with van der Waals surface area (Å²) in [5, 5.41) is 0. The van der Waals surface area contributed by atoms with Crippen molar-refractivity contribution < 1.29 is 0 Å². The summed E-state index contributed by atoms with van der Waals surface area (Å²) in [4.78, 5) is 2.41. The molecule has 9 aromatic rings. The topological polar surface area (TPSA) is 3.24 Å². The van der Waals surface area contributed by atoms with Crippen LogP contribution in [0.2, 0.25) is 0 Å². The molecule has 0 saturated heterocycles. The predicted molar refractivity (Wildman–Crippen MR) is 258 cm³/mol. The van der Waals surface area contributed by atoms with E-state index in [1.807, 2.05) is 0 Å². The van der Waals surface area contributed by atoms with Gasteiger partial charge >= 0.3 is 0 Å². The Hall–Kier alpha value is -7.22. The van der Waals surface area contributed by atoms with Crippen molar-refractivity contribution in [3.05, 3.63) is 235 Å². The molecule has 2 aliphatic carbocycles. The Labute approximate surface area is 360 Å². The highest BCUT2D eigenvalue weighted by Crippen LogP contribution is 2.54. The van der Waals surface area contributed by atoms with Crippen LogP contribution in [0.1, 0.15) is 49.9 Å². The van der Waals surface area contributed by atoms with Gasteiger partial charge in [-0.3, -0.25) is 0 Å². The molecule has 0 aliphatic heterocycles. The highest BCUT2D eigenvalue weighted by molar-refractivity contribution is 5.94. The van der Waals surface area contributed by atoms with Gasteiger partial charge < -0.3 is 4.90 Å². The van der Waals surface area contributed by atoms with Crippen LogP contribution >= 0.6 is 0 Å². The fraction of sp³-hybridized carbons (Fsp3) is 0.100. The molecule has 0 unspecified atom stereocenters. The van der Waals surface area contributed by atoms with E-state index < -0.39 is 0 Å². The Balaban J connectivity index is 0.994. The predicted octanol–water partition coefficient (Wildman–Crippen LogP) is 16.4. The van der Waals surface area contributed by atoms with E-state index in [4.69, 9.17) is 0 Å². The minimum Gasteiger partial charge on any atom is -0.310 e. The van der Waals surface area contributed by atoms with Crippen LogP contribution in [-0.4, -0.2) is 0 Å². The highest BCUT2D eigenvalue weighted by atomic mass is 15.1. The summed E-state index contributed by atoms with van der Waals surface area (Å²) < 4.78 is 0. The zero-order valence-corrected chi connectivity index (χ0v) is 35.2. The van der Waals surface area contributed by atoms with Gasteiger partial charge in [0.25, 0.3) is 0 Å². The summed E-state index contributed by atoms with van der Waals surface area (Å²) in [6.07, 6.45) is 0. The zero-order chi connectivity index (χ0) is 41.3. The summed E-state index contributed by atoms with van der Waals surface area (Å²) in [7, 11) is 0. The van der Waals surface area contributed by atoms with Crippen molar-refractivity contribution in [3.63, 3.8) is 0 Å². The first-order valence-electron chi connectivity index (χ1n) is 21.5. The minimum atomic E-state index is -0.106. The SMILES string of the molecule is CC1(C)c2ccccc2-c2ccc(-c3ccc(N(c4ccc(-c5ccccc5-c5cccc6c5C(C)(C)c5ccccc5-6)cc4)c4ccccc4-c4ccccc4)cc3)cc21. The Kier molecular flexibility index (Phi) is 8.58. The van der Waals surface area contributed by atoms with E-state index in [2.05, 4.69) is 245 Å². The van der Waals surface area contributed by atoms with E-state index in [0.717, 1.165) is 17.1 Å². The fourth-order valence-corrected chi connectivity index (χ4v) is 10.5. The van der Waals surface area contributed by atoms with Crippen molar-refractivity contribution in [1.82, 2.24) is 0 Å². The van der Waals surface area contributed by atoms with Gasteiger partial charge in [0.05, 0.1) is 5.69 Å². The average molecular weight is 782 g/mol. The van der Waals surface area contributed by atoms with Crippen LogP contribution < -0.4 is 4.90 Å². The second-order valence-corrected chi connectivity index (χ2v) is 17.7. The lowest BCUT2D eigenvalue weighted by Gasteiger charge is -2.28. The van der Waals surface area contributed by atoms with Gasteiger partial charge in [0.1, 0.15) is 0 Å². The summed E-state index contributed by atoms with van der Waals surface area (Å²) >= 11 is 0. The number of hydrogen-bond donors (Lipinski definition) is 0. The molecule has 9 aromatic carbocycles. The Bertz CT molecular complexity index is 3110. The molecule has 0 radical (unpaired) electrons. The van der Waals surface area contributed by atoms with Crippen molar-refractivity contribution in [1.29, 1.82) is 0 Å². The van der Waals surface area contributed by atoms with Crippen molar-refractivity contribution in [2.45, 2.75) is 38.5 Å². The summed E-state index contributed by atoms with van der Waals surface area (Å²) in [5.74, 6) is 0. The summed E-state index contributed by atoms with van der Waals surface area (Å²) in [6.45, 7) is 9.45. The third kappa shape index (κ3) is 5.91. The molecular weight excluding hydrogens is 735 g/mol. The molecule has 61 heavy (non-hydrogen) atoms. The van der Waals surface area contributed by atoms with Gasteiger partial charge in [-0.2, -0.15) is 0 Å². The highest BCUT2D eigenvalue weighted by Gasteiger charge is 2.38. The van der Waals surface area contributed by atoms with Crippen molar-refractivity contribution in [2.24, 2.45) is 0 Å². The lowest BCUT2D eigenvalue weighted by molar-refractivity contribution is 0.660. The first-order valence-corrected chi connectivity index (χ1v) is 21.5. The first-order chi connectivity index (χ1) is 29.8. The molecule has 0 fully saturated rings. The van der Waals surface area contributed by atoms with Gasteiger partial charge in [-0.1, -0.05) is 204 Å². The maximum atomic E-state index is 2.41. The van der Waals surface area contributed by atoms with E-state index in [1.165, 1.54) is 89.0 Å². The second kappa shape index (κ2) is 14.2. The molecule has 0 spiro atoms. The normalized spacial score (nSPS) is 13.8. The minimum absolute atomic E-state index is 0.0456. The lowest BCUT2D eigenvalue weighted by Crippen LogP contribution is -2.16. The first kappa shape index (κ1) is 36.8. The van der Waals surface area contributed by atoms with E-state index in [1.54, 1.807) is 0 Å². The van der Waals surface area contributed by atoms with Crippen molar-refractivity contribution >= 4 is 17.1 Å². The van der Waals surface area contributed by atoms with Gasteiger partial charge in [-0.05, 0) is 120 Å². The standard InChI is InChI=1S/C60H47N/c1-59(2)54-26-13-10-22-49(54)51-38-33-43(39-56(51)59)40-29-34-44(35-30-40)61(57-28-15-12-20-47(57)41-17-6-5-7-18-41)45-36-31-42(32-37-45)46-19-8-9-21-48(46)52-24-16-25-53-50-23-11-14-27-55(50)60(3,4)58(52)53/h5-39H,1-4H3. The van der Waals surface area contributed by atoms with E-state index >= 15 is 0 Å². The Morgan fingerprint density at radius 3 is 1.39 bits per heavy atom. The quantitative estimate of drug-likeness (QED) is 0.156. The Morgan fingerprint density at radius 2 is 0.721 bits per heavy atom. The summed E-state index contributed by atoms with van der Waals surface area (Å²) in [5.41, 5.74) is 24.0. The van der Waals surface area contributed by atoms with E-state index in [9.17, 15) is 0 Å². The van der Waals surface area contributed by atoms with E-state index in [0.29, 0.717) is 0 Å². The fourth-order valence-electron chi connectivity index (χ4n) is 10.5. The number of nitrogens with zero attached hydrogens (tertiary/aromatic N) is 1. The Morgan fingerprint density at radius 1 is 0.279 bits per heavy atom. The van der Waals surface area contributed by atoms with Crippen LogP contribution in [0.5, 0.6) is 0 Å². The lowest BCUT2D eigenvalue weighted by atomic mass is 9.78. The van der Waals surface area contributed by atoms with Gasteiger partial charge in [0, 0.05) is 27.8 Å². The maximum absolute atomic E-state index is 2.41. The van der Waals surface area contributed by atoms with Gasteiger partial charge in [0.15, 0.2) is 0 Å². The number of benzene rings is 9. The molecule has 11 rings (SSSR count). The van der Waals surface area contributed by atoms with Gasteiger partial charge in [-0.25, -0.2) is 0 Å². The molecular formula is C60H47N. The number of rotatable bonds is 7. The maximum Gasteiger partial charge on any atom is 0.0540 e. The number of anilines is 3. The van der Waals surface area contributed by atoms with Crippen LogP contribution in [0.25, 0.3) is 66.8 Å². The van der Waals surface area contributed by atoms with Crippen molar-refractivity contribution in [3.8, 4) is 66.8 Å². The molecule has 1 heteroatoms. The number of hydrogen-bond acceptors (Lipinski definition) is 1. The molecule has 292 valence electrons. The van der Waals surface area contributed by atoms with Crippen LogP contribution in [0.4, 0.5) is 17.1 Å². The third-order valence-corrected chi connectivity index (χ3v) is 13.5. The smallest absolute Gasteiger partial charge is 0.0540 e. The second-order valence-electron chi connectivity index (χ2n) is 17.7. The average Bonchev–Trinajstić information content (AvgIpc) is 3.69. The van der Waals surface area contributed by atoms with Crippen molar-refractivity contribution in [2.75, 3.05) is 4.90 Å². The molecule has 0 N–H and O–H groups in total. The molecule has 0 aromatic heterocycles. The number of fused-ring (bicyclic) bond motifs is 6. The molecule has 2 aliphatic rings. The molecule has 0 saturated carbocycles. The van der Waals surface area contributed by atoms with Crippen LogP contribution in [0.15, 0.2) is 212 Å². The van der Waals surface area contributed by atoms with Gasteiger partial charge in [-0.15, -0.1) is 0 Å². The van der Waals surface area contributed by atoms with Crippen LogP contribution in [0, 0.1) is 0 Å². The largest absolute Gasteiger partial charge is 0.310 e. The molecule has 0 heterocycles. The summed E-state index contributed by atoms with van der Waals surface area (Å²) in [6, 6.07) is 78.3. The third-order valence-electron chi connectivity index (χ3n) is 13.5.